The van der Waals surface area contributed by atoms with E-state index in [9.17, 15) is 8.42 Å². The summed E-state index contributed by atoms with van der Waals surface area (Å²) < 4.78 is 22.7. The van der Waals surface area contributed by atoms with Gasteiger partial charge >= 0.3 is 0 Å². The molecule has 0 radical (unpaired) electrons. The summed E-state index contributed by atoms with van der Waals surface area (Å²) in [6.45, 7) is 4.09. The number of hydrogen-bond acceptors (Lipinski definition) is 4. The largest absolute Gasteiger partial charge is 0.369 e. The van der Waals surface area contributed by atoms with Crippen molar-refractivity contribution in [2.75, 3.05) is 44.4 Å². The van der Waals surface area contributed by atoms with Crippen LogP contribution in [0, 0.1) is 0 Å². The van der Waals surface area contributed by atoms with Crippen molar-refractivity contribution in [1.29, 1.82) is 0 Å². The Morgan fingerprint density at radius 3 is 2.00 bits per heavy atom. The Kier molecular flexibility index (Phi) is 3.40. The molecular formula is C12H18N2O2S. The highest BCUT2D eigenvalue weighted by atomic mass is 32.2. The van der Waals surface area contributed by atoms with Crippen LogP contribution in [0.2, 0.25) is 0 Å². The number of sulfone groups is 1. The van der Waals surface area contributed by atoms with Gasteiger partial charge in [0.1, 0.15) is 0 Å². The molecule has 0 atom stereocenters. The van der Waals surface area contributed by atoms with Gasteiger partial charge < -0.3 is 9.80 Å². The molecule has 0 amide bonds. The highest BCUT2D eigenvalue weighted by Gasteiger charge is 2.14. The lowest BCUT2D eigenvalue weighted by Crippen LogP contribution is -2.44. The molecule has 1 heterocycles. The van der Waals surface area contributed by atoms with Crippen molar-refractivity contribution in [2.45, 2.75) is 4.90 Å². The van der Waals surface area contributed by atoms with E-state index in [4.69, 9.17) is 0 Å². The zero-order valence-corrected chi connectivity index (χ0v) is 11.1. The van der Waals surface area contributed by atoms with Crippen molar-refractivity contribution in [1.82, 2.24) is 4.90 Å². The standard InChI is InChI=1S/C12H18N2O2S/c1-13-7-9-14(10-8-13)11-3-5-12(6-4-11)17(2,15)16/h3-6H,7-10H2,1-2H3. The Labute approximate surface area is 103 Å². The fourth-order valence-electron chi connectivity index (χ4n) is 1.97. The minimum absolute atomic E-state index is 0.385. The highest BCUT2D eigenvalue weighted by molar-refractivity contribution is 7.90. The number of nitrogens with zero attached hydrogens (tertiary/aromatic N) is 2. The average molecular weight is 254 g/mol. The van der Waals surface area contributed by atoms with E-state index < -0.39 is 9.84 Å². The Morgan fingerprint density at radius 2 is 1.53 bits per heavy atom. The summed E-state index contributed by atoms with van der Waals surface area (Å²) in [6, 6.07) is 7.15. The van der Waals surface area contributed by atoms with Gasteiger partial charge in [-0.3, -0.25) is 0 Å². The molecule has 0 aliphatic carbocycles. The number of hydrogen-bond donors (Lipinski definition) is 0. The summed E-state index contributed by atoms with van der Waals surface area (Å²) in [7, 11) is -0.971. The van der Waals surface area contributed by atoms with Crippen LogP contribution in [0.25, 0.3) is 0 Å². The summed E-state index contributed by atoms with van der Waals surface area (Å²) >= 11 is 0. The molecule has 0 aromatic heterocycles. The molecule has 5 heteroatoms. The lowest BCUT2D eigenvalue weighted by molar-refractivity contribution is 0.313. The van der Waals surface area contributed by atoms with E-state index in [2.05, 4.69) is 16.8 Å². The third-order valence-electron chi connectivity index (χ3n) is 3.13. The Balaban J connectivity index is 2.13. The Hall–Kier alpha value is -1.07. The van der Waals surface area contributed by atoms with Crippen LogP contribution in [-0.2, 0) is 9.84 Å². The fraction of sp³-hybridized carbons (Fsp3) is 0.500. The van der Waals surface area contributed by atoms with E-state index in [1.54, 1.807) is 12.1 Å². The summed E-state index contributed by atoms with van der Waals surface area (Å²) in [5.41, 5.74) is 1.10. The molecule has 1 aliphatic heterocycles. The molecule has 1 aromatic rings. The predicted octanol–water partition coefficient (Wildman–Crippen LogP) is 0.842. The number of rotatable bonds is 2. The highest BCUT2D eigenvalue weighted by Crippen LogP contribution is 2.19. The quantitative estimate of drug-likeness (QED) is 0.784. The van der Waals surface area contributed by atoms with Crippen LogP contribution < -0.4 is 4.90 Å². The normalized spacial score (nSPS) is 18.4. The van der Waals surface area contributed by atoms with Gasteiger partial charge in [-0.15, -0.1) is 0 Å². The van der Waals surface area contributed by atoms with E-state index in [1.807, 2.05) is 12.1 Å². The van der Waals surface area contributed by atoms with Gasteiger partial charge in [-0.1, -0.05) is 0 Å². The molecule has 1 aromatic carbocycles. The average Bonchev–Trinajstić information content (AvgIpc) is 2.29. The lowest BCUT2D eigenvalue weighted by atomic mass is 10.2. The minimum Gasteiger partial charge on any atom is -0.369 e. The van der Waals surface area contributed by atoms with E-state index in [-0.39, 0.29) is 0 Å². The van der Waals surface area contributed by atoms with Crippen LogP contribution in [0.3, 0.4) is 0 Å². The van der Waals surface area contributed by atoms with Gasteiger partial charge in [0.05, 0.1) is 4.90 Å². The molecule has 0 unspecified atom stereocenters. The number of benzene rings is 1. The van der Waals surface area contributed by atoms with E-state index in [0.29, 0.717) is 4.90 Å². The van der Waals surface area contributed by atoms with Crippen LogP contribution >= 0.6 is 0 Å². The van der Waals surface area contributed by atoms with Gasteiger partial charge in [-0.05, 0) is 31.3 Å². The minimum atomic E-state index is -3.09. The monoisotopic (exact) mass is 254 g/mol. The zero-order chi connectivity index (χ0) is 12.5. The van der Waals surface area contributed by atoms with Crippen LogP contribution in [-0.4, -0.2) is 52.8 Å². The van der Waals surface area contributed by atoms with Crippen LogP contribution in [0.4, 0.5) is 5.69 Å². The number of piperazine rings is 1. The van der Waals surface area contributed by atoms with Crippen LogP contribution in [0.5, 0.6) is 0 Å². The number of anilines is 1. The van der Waals surface area contributed by atoms with Gasteiger partial charge in [0, 0.05) is 38.1 Å². The van der Waals surface area contributed by atoms with Crippen molar-refractivity contribution in [3.8, 4) is 0 Å². The smallest absolute Gasteiger partial charge is 0.175 e. The molecular weight excluding hydrogens is 236 g/mol. The number of likely N-dealkylation sites (N-methyl/N-ethyl adjacent to an activating group) is 1. The molecule has 17 heavy (non-hydrogen) atoms. The Bertz CT molecular complexity index is 474. The fourth-order valence-corrected chi connectivity index (χ4v) is 2.60. The maximum Gasteiger partial charge on any atom is 0.175 e. The molecule has 0 bridgehead atoms. The van der Waals surface area contributed by atoms with Crippen LogP contribution in [0.1, 0.15) is 0 Å². The van der Waals surface area contributed by atoms with Crippen molar-refractivity contribution in [3.63, 3.8) is 0 Å². The first-order chi connectivity index (χ1) is 7.97. The predicted molar refractivity (Wildman–Crippen MR) is 69.3 cm³/mol. The maximum absolute atomic E-state index is 11.3. The van der Waals surface area contributed by atoms with Gasteiger partial charge in [0.25, 0.3) is 0 Å². The van der Waals surface area contributed by atoms with Crippen molar-refractivity contribution < 1.29 is 8.42 Å². The second-order valence-corrected chi connectivity index (χ2v) is 6.57. The first-order valence-corrected chi connectivity index (χ1v) is 7.59. The van der Waals surface area contributed by atoms with E-state index >= 15 is 0 Å². The molecule has 4 nitrogen and oxygen atoms in total. The Morgan fingerprint density at radius 1 is 1.00 bits per heavy atom. The van der Waals surface area contributed by atoms with Crippen molar-refractivity contribution >= 4 is 15.5 Å². The van der Waals surface area contributed by atoms with Gasteiger partial charge in [0.2, 0.25) is 0 Å². The topological polar surface area (TPSA) is 40.6 Å². The van der Waals surface area contributed by atoms with Gasteiger partial charge in [-0.25, -0.2) is 8.42 Å². The van der Waals surface area contributed by atoms with Gasteiger partial charge in [0.15, 0.2) is 9.84 Å². The first kappa shape index (κ1) is 12.4. The van der Waals surface area contributed by atoms with Crippen molar-refractivity contribution in [3.05, 3.63) is 24.3 Å². The van der Waals surface area contributed by atoms with E-state index in [1.165, 1.54) is 6.26 Å². The SMILES string of the molecule is CN1CCN(c2ccc(S(C)(=O)=O)cc2)CC1. The summed E-state index contributed by atoms with van der Waals surface area (Å²) in [6.07, 6.45) is 1.23. The van der Waals surface area contributed by atoms with Crippen molar-refractivity contribution in [2.24, 2.45) is 0 Å². The molecule has 0 spiro atoms. The first-order valence-electron chi connectivity index (χ1n) is 5.70. The lowest BCUT2D eigenvalue weighted by Gasteiger charge is -2.34. The summed E-state index contributed by atoms with van der Waals surface area (Å²) in [4.78, 5) is 4.96. The molecule has 1 saturated heterocycles. The maximum atomic E-state index is 11.3. The second kappa shape index (κ2) is 4.66. The molecule has 0 saturated carbocycles. The second-order valence-electron chi connectivity index (χ2n) is 4.56. The summed E-state index contributed by atoms with van der Waals surface area (Å²) in [5.74, 6) is 0. The molecule has 1 aliphatic rings. The van der Waals surface area contributed by atoms with Crippen LogP contribution in [0.15, 0.2) is 29.2 Å². The summed E-state index contributed by atoms with van der Waals surface area (Å²) in [5, 5.41) is 0. The zero-order valence-electron chi connectivity index (χ0n) is 10.3. The third-order valence-corrected chi connectivity index (χ3v) is 4.26. The molecule has 94 valence electrons. The molecule has 2 rings (SSSR count). The third kappa shape index (κ3) is 2.98. The molecule has 1 fully saturated rings. The van der Waals surface area contributed by atoms with Gasteiger partial charge in [-0.2, -0.15) is 0 Å². The van der Waals surface area contributed by atoms with E-state index in [0.717, 1.165) is 31.9 Å². The molecule has 0 N–H and O–H groups in total.